The van der Waals surface area contributed by atoms with E-state index in [4.69, 9.17) is 14.2 Å². The Hall–Kier alpha value is -2.73. The molecule has 0 aliphatic carbocycles. The molecule has 1 fully saturated rings. The quantitative estimate of drug-likeness (QED) is 0.792. The van der Waals surface area contributed by atoms with Gasteiger partial charge in [0.25, 0.3) is 5.91 Å². The Labute approximate surface area is 171 Å². The number of para-hydroxylation sites is 1. The molecule has 0 radical (unpaired) electrons. The van der Waals surface area contributed by atoms with E-state index in [1.165, 1.54) is 0 Å². The first-order valence-corrected chi connectivity index (χ1v) is 10.2. The van der Waals surface area contributed by atoms with Crippen LogP contribution in [-0.4, -0.2) is 43.3 Å². The van der Waals surface area contributed by atoms with E-state index in [-0.39, 0.29) is 24.2 Å². The first-order valence-electron chi connectivity index (χ1n) is 10.2. The Kier molecular flexibility index (Phi) is 5.62. The van der Waals surface area contributed by atoms with Crippen LogP contribution in [0.4, 0.5) is 5.69 Å². The van der Waals surface area contributed by atoms with E-state index < -0.39 is 0 Å². The number of methoxy groups -OCH3 is 1. The molecule has 0 saturated carbocycles. The van der Waals surface area contributed by atoms with Crippen LogP contribution >= 0.6 is 0 Å². The van der Waals surface area contributed by atoms with E-state index >= 15 is 0 Å². The summed E-state index contributed by atoms with van der Waals surface area (Å²) < 4.78 is 17.2. The van der Waals surface area contributed by atoms with Gasteiger partial charge >= 0.3 is 0 Å². The minimum Gasteiger partial charge on any atom is -0.493 e. The van der Waals surface area contributed by atoms with Crippen molar-refractivity contribution in [2.75, 3.05) is 25.6 Å². The highest BCUT2D eigenvalue weighted by Gasteiger charge is 2.34. The largest absolute Gasteiger partial charge is 0.493 e. The summed E-state index contributed by atoms with van der Waals surface area (Å²) in [4.78, 5) is 15.0. The minimum atomic E-state index is -0.279. The monoisotopic (exact) mass is 396 g/mol. The van der Waals surface area contributed by atoms with E-state index in [9.17, 15) is 4.79 Å². The number of hydrogen-bond donors (Lipinski definition) is 1. The molecule has 2 unspecified atom stereocenters. The number of ether oxygens (including phenoxy) is 3. The topological polar surface area (TPSA) is 60.0 Å². The summed E-state index contributed by atoms with van der Waals surface area (Å²) >= 11 is 0. The molecule has 2 aliphatic rings. The molecule has 2 atom stereocenters. The highest BCUT2D eigenvalue weighted by Crippen LogP contribution is 2.38. The highest BCUT2D eigenvalue weighted by molar-refractivity contribution is 6.01. The summed E-state index contributed by atoms with van der Waals surface area (Å²) in [6.07, 6.45) is 1.97. The first-order chi connectivity index (χ1) is 14.1. The number of amides is 1. The molecule has 154 valence electrons. The number of carbonyl (C=O) groups is 1. The average Bonchev–Trinajstić information content (AvgIpc) is 3.25. The molecule has 29 heavy (non-hydrogen) atoms. The Balaban J connectivity index is 1.61. The number of nitrogens with zero attached hydrogens (tertiary/aromatic N) is 1. The standard InChI is InChI=1S/C23H28N2O4/c1-15(2)25-22(24-19-9-5-4-8-18(19)23(25)26)16-10-11-20(21(13-16)27-3)29-14-17-7-6-12-28-17/h4-5,8-11,13,15,17,22,24H,6-7,12,14H2,1-3H3. The van der Waals surface area contributed by atoms with Crippen molar-refractivity contribution in [3.05, 3.63) is 53.6 Å². The SMILES string of the molecule is COc1cc(C2Nc3ccccc3C(=O)N2C(C)C)ccc1OCC1CCCO1. The second-order valence-electron chi connectivity index (χ2n) is 7.75. The van der Waals surface area contributed by atoms with Crippen LogP contribution in [-0.2, 0) is 4.74 Å². The third-order valence-corrected chi connectivity index (χ3v) is 5.47. The van der Waals surface area contributed by atoms with Gasteiger partial charge < -0.3 is 24.4 Å². The van der Waals surface area contributed by atoms with Gasteiger partial charge in [0, 0.05) is 18.3 Å². The van der Waals surface area contributed by atoms with E-state index in [0.29, 0.717) is 23.7 Å². The number of hydrogen-bond acceptors (Lipinski definition) is 5. The van der Waals surface area contributed by atoms with Gasteiger partial charge in [-0.05, 0) is 56.5 Å². The summed E-state index contributed by atoms with van der Waals surface area (Å²) in [6, 6.07) is 13.5. The smallest absolute Gasteiger partial charge is 0.258 e. The molecule has 2 aliphatic heterocycles. The normalized spacial score (nSPS) is 21.1. The third kappa shape index (κ3) is 3.90. The Morgan fingerprint density at radius 3 is 2.76 bits per heavy atom. The second-order valence-corrected chi connectivity index (χ2v) is 7.75. The van der Waals surface area contributed by atoms with Gasteiger partial charge in [-0.25, -0.2) is 0 Å². The highest BCUT2D eigenvalue weighted by atomic mass is 16.5. The fourth-order valence-electron chi connectivity index (χ4n) is 3.98. The lowest BCUT2D eigenvalue weighted by atomic mass is 10.0. The molecule has 1 saturated heterocycles. The Bertz CT molecular complexity index is 877. The molecule has 2 aromatic carbocycles. The van der Waals surface area contributed by atoms with Crippen molar-refractivity contribution in [2.24, 2.45) is 0 Å². The zero-order valence-corrected chi connectivity index (χ0v) is 17.2. The molecule has 0 spiro atoms. The number of fused-ring (bicyclic) bond motifs is 1. The summed E-state index contributed by atoms with van der Waals surface area (Å²) in [7, 11) is 1.63. The predicted molar refractivity (Wildman–Crippen MR) is 112 cm³/mol. The van der Waals surface area contributed by atoms with Crippen LogP contribution in [0.2, 0.25) is 0 Å². The molecule has 6 nitrogen and oxygen atoms in total. The molecule has 1 N–H and O–H groups in total. The third-order valence-electron chi connectivity index (χ3n) is 5.47. The van der Waals surface area contributed by atoms with Crippen LogP contribution in [0.5, 0.6) is 11.5 Å². The maximum atomic E-state index is 13.1. The number of benzene rings is 2. The number of nitrogens with one attached hydrogen (secondary N) is 1. The van der Waals surface area contributed by atoms with Gasteiger partial charge in [0.05, 0.1) is 18.8 Å². The number of rotatable bonds is 6. The Morgan fingerprint density at radius 1 is 1.21 bits per heavy atom. The molecule has 2 aromatic rings. The zero-order valence-electron chi connectivity index (χ0n) is 17.2. The molecule has 0 bridgehead atoms. The predicted octanol–water partition coefficient (Wildman–Crippen LogP) is 4.23. The van der Waals surface area contributed by atoms with Gasteiger partial charge in [-0.2, -0.15) is 0 Å². The zero-order chi connectivity index (χ0) is 20.4. The van der Waals surface area contributed by atoms with Crippen LogP contribution in [0.15, 0.2) is 42.5 Å². The van der Waals surface area contributed by atoms with E-state index in [1.54, 1.807) is 7.11 Å². The lowest BCUT2D eigenvalue weighted by Crippen LogP contribution is -2.46. The maximum absolute atomic E-state index is 13.1. The van der Waals surface area contributed by atoms with Gasteiger partial charge in [0.2, 0.25) is 0 Å². The Morgan fingerprint density at radius 2 is 2.03 bits per heavy atom. The second kappa shape index (κ2) is 8.33. The van der Waals surface area contributed by atoms with Crippen LogP contribution in [0.1, 0.15) is 48.8 Å². The molecule has 6 heteroatoms. The van der Waals surface area contributed by atoms with Gasteiger partial charge in [0.15, 0.2) is 11.5 Å². The van der Waals surface area contributed by atoms with Crippen molar-refractivity contribution in [2.45, 2.75) is 45.0 Å². The van der Waals surface area contributed by atoms with Gasteiger partial charge in [-0.3, -0.25) is 4.79 Å². The van der Waals surface area contributed by atoms with Gasteiger partial charge in [-0.1, -0.05) is 18.2 Å². The van der Waals surface area contributed by atoms with E-state index in [2.05, 4.69) is 5.32 Å². The van der Waals surface area contributed by atoms with Crippen LogP contribution in [0.25, 0.3) is 0 Å². The van der Waals surface area contributed by atoms with Crippen LogP contribution in [0.3, 0.4) is 0 Å². The van der Waals surface area contributed by atoms with Gasteiger partial charge in [0.1, 0.15) is 12.8 Å². The number of anilines is 1. The van der Waals surface area contributed by atoms with E-state index in [0.717, 1.165) is 30.7 Å². The summed E-state index contributed by atoms with van der Waals surface area (Å²) in [5, 5.41) is 3.51. The molecular formula is C23H28N2O4. The van der Waals surface area contributed by atoms with Crippen molar-refractivity contribution in [3.8, 4) is 11.5 Å². The summed E-state index contributed by atoms with van der Waals surface area (Å²) in [6.45, 7) is 5.37. The maximum Gasteiger partial charge on any atom is 0.258 e. The number of carbonyl (C=O) groups excluding carboxylic acids is 1. The lowest BCUT2D eigenvalue weighted by Gasteiger charge is -2.40. The fourth-order valence-corrected chi connectivity index (χ4v) is 3.98. The average molecular weight is 396 g/mol. The van der Waals surface area contributed by atoms with Crippen LogP contribution in [0, 0.1) is 0 Å². The molecule has 1 amide bonds. The van der Waals surface area contributed by atoms with Crippen molar-refractivity contribution in [3.63, 3.8) is 0 Å². The van der Waals surface area contributed by atoms with Crippen molar-refractivity contribution in [1.82, 2.24) is 4.90 Å². The molecule has 2 heterocycles. The summed E-state index contributed by atoms with van der Waals surface area (Å²) in [5.41, 5.74) is 2.49. The van der Waals surface area contributed by atoms with Gasteiger partial charge in [-0.15, -0.1) is 0 Å². The first kappa shape index (κ1) is 19.6. The van der Waals surface area contributed by atoms with Crippen molar-refractivity contribution < 1.29 is 19.0 Å². The lowest BCUT2D eigenvalue weighted by molar-refractivity contribution is 0.0615. The minimum absolute atomic E-state index is 0.0250. The van der Waals surface area contributed by atoms with Crippen LogP contribution < -0.4 is 14.8 Å². The van der Waals surface area contributed by atoms with E-state index in [1.807, 2.05) is 61.2 Å². The molecule has 0 aromatic heterocycles. The summed E-state index contributed by atoms with van der Waals surface area (Å²) in [5.74, 6) is 1.36. The fraction of sp³-hybridized carbons (Fsp3) is 0.435. The van der Waals surface area contributed by atoms with Crippen molar-refractivity contribution in [1.29, 1.82) is 0 Å². The molecular weight excluding hydrogens is 368 g/mol. The van der Waals surface area contributed by atoms with Crippen molar-refractivity contribution >= 4 is 11.6 Å². The molecule has 4 rings (SSSR count).